The van der Waals surface area contributed by atoms with Crippen LogP contribution in [0.3, 0.4) is 0 Å². The van der Waals surface area contributed by atoms with Crippen LogP contribution < -0.4 is 10.1 Å². The van der Waals surface area contributed by atoms with Gasteiger partial charge in [-0.2, -0.15) is 0 Å². The minimum absolute atomic E-state index is 0.0123. The molecular formula is C24H28N6O4. The number of pyridine rings is 1. The van der Waals surface area contributed by atoms with Crippen LogP contribution in [0.15, 0.2) is 36.7 Å². The summed E-state index contributed by atoms with van der Waals surface area (Å²) in [4.78, 5) is 31.9. The first kappa shape index (κ1) is 23.4. The maximum absolute atomic E-state index is 13.2. The maximum Gasteiger partial charge on any atom is 0.260 e. The third-order valence-electron chi connectivity index (χ3n) is 5.71. The maximum atomic E-state index is 13.2. The Labute approximate surface area is 197 Å². The smallest absolute Gasteiger partial charge is 0.260 e. The predicted molar refractivity (Wildman–Crippen MR) is 125 cm³/mol. The molecule has 0 bridgehead atoms. The summed E-state index contributed by atoms with van der Waals surface area (Å²) in [5, 5.41) is 11.0. The van der Waals surface area contributed by atoms with Gasteiger partial charge in [-0.05, 0) is 49.2 Å². The summed E-state index contributed by atoms with van der Waals surface area (Å²) in [5.41, 5.74) is 2.87. The van der Waals surface area contributed by atoms with E-state index in [-0.39, 0.29) is 17.9 Å². The Morgan fingerprint density at radius 1 is 1.15 bits per heavy atom. The second-order valence-corrected chi connectivity index (χ2v) is 8.33. The van der Waals surface area contributed by atoms with Gasteiger partial charge in [-0.15, -0.1) is 10.2 Å². The highest BCUT2D eigenvalue weighted by Crippen LogP contribution is 2.31. The van der Waals surface area contributed by atoms with Crippen LogP contribution in [-0.2, 0) is 22.6 Å². The molecule has 10 heteroatoms. The van der Waals surface area contributed by atoms with Gasteiger partial charge >= 0.3 is 0 Å². The zero-order valence-corrected chi connectivity index (χ0v) is 19.7. The molecule has 0 saturated carbocycles. The molecular weight excluding hydrogens is 436 g/mol. The molecule has 0 radical (unpaired) electrons. The summed E-state index contributed by atoms with van der Waals surface area (Å²) in [6, 6.07) is 9.12. The second kappa shape index (κ2) is 10.0. The Morgan fingerprint density at radius 2 is 1.91 bits per heavy atom. The van der Waals surface area contributed by atoms with Gasteiger partial charge in [0.1, 0.15) is 23.6 Å². The molecule has 178 valence electrons. The van der Waals surface area contributed by atoms with Crippen molar-refractivity contribution in [2.24, 2.45) is 0 Å². The minimum atomic E-state index is -0.348. The lowest BCUT2D eigenvalue weighted by Crippen LogP contribution is -2.26. The molecule has 0 saturated heterocycles. The summed E-state index contributed by atoms with van der Waals surface area (Å²) in [6.45, 7) is 5.37. The molecule has 1 N–H and O–H groups in total. The lowest BCUT2D eigenvalue weighted by molar-refractivity contribution is -0.132. The topological polar surface area (TPSA) is 111 Å². The molecule has 2 aromatic heterocycles. The number of ether oxygens (including phenoxy) is 2. The van der Waals surface area contributed by atoms with Crippen molar-refractivity contribution in [3.8, 4) is 17.3 Å². The number of aromatic nitrogens is 4. The largest absolute Gasteiger partial charge is 0.496 e. The van der Waals surface area contributed by atoms with Crippen LogP contribution in [0.2, 0.25) is 0 Å². The van der Waals surface area contributed by atoms with E-state index in [1.54, 1.807) is 36.5 Å². The number of carbonyl (C=O) groups is 2. The highest BCUT2D eigenvalue weighted by molar-refractivity contribution is 6.06. The van der Waals surface area contributed by atoms with Crippen molar-refractivity contribution >= 4 is 17.6 Å². The summed E-state index contributed by atoms with van der Waals surface area (Å²) in [6.07, 6.45) is 1.98. The van der Waals surface area contributed by atoms with E-state index in [2.05, 4.69) is 20.5 Å². The Morgan fingerprint density at radius 3 is 2.62 bits per heavy atom. The molecule has 0 fully saturated rings. The van der Waals surface area contributed by atoms with Crippen molar-refractivity contribution in [2.75, 3.05) is 26.1 Å². The SMILES string of the molecule is COCCC(=O)N1Cc2cc(OC)c(C(=O)Nc3cccc(-c4nncn4C(C)C)n3)cc2C1. The van der Waals surface area contributed by atoms with E-state index in [1.807, 2.05) is 30.5 Å². The molecule has 2 amide bonds. The van der Waals surface area contributed by atoms with Crippen LogP contribution in [0.1, 0.15) is 47.8 Å². The van der Waals surface area contributed by atoms with Crippen molar-refractivity contribution in [3.05, 3.63) is 53.3 Å². The molecule has 0 spiro atoms. The standard InChI is InChI=1S/C24H28N6O4/c1-15(2)30-14-25-28-23(30)19-6-5-7-21(26-19)27-24(32)18-10-16-12-29(22(31)8-9-33-3)13-17(16)11-20(18)34-4/h5-7,10-11,14-15H,8-9,12-13H2,1-4H3,(H,26,27,32). The zero-order valence-electron chi connectivity index (χ0n) is 19.7. The molecule has 1 aliphatic heterocycles. The van der Waals surface area contributed by atoms with E-state index in [9.17, 15) is 9.59 Å². The fourth-order valence-corrected chi connectivity index (χ4v) is 3.91. The van der Waals surface area contributed by atoms with Gasteiger partial charge in [0, 0.05) is 26.2 Å². The van der Waals surface area contributed by atoms with Gasteiger partial charge in [0.25, 0.3) is 5.91 Å². The van der Waals surface area contributed by atoms with E-state index < -0.39 is 0 Å². The van der Waals surface area contributed by atoms with Crippen molar-refractivity contribution in [1.29, 1.82) is 0 Å². The van der Waals surface area contributed by atoms with Crippen LogP contribution in [0.25, 0.3) is 11.5 Å². The van der Waals surface area contributed by atoms with Gasteiger partial charge in [0.15, 0.2) is 5.82 Å². The van der Waals surface area contributed by atoms with Gasteiger partial charge in [0.05, 0.1) is 25.7 Å². The first-order chi connectivity index (χ1) is 16.4. The van der Waals surface area contributed by atoms with E-state index in [4.69, 9.17) is 9.47 Å². The van der Waals surface area contributed by atoms with Crippen LogP contribution in [0.5, 0.6) is 5.75 Å². The van der Waals surface area contributed by atoms with Crippen LogP contribution in [0.4, 0.5) is 5.82 Å². The average Bonchev–Trinajstić information content (AvgIpc) is 3.49. The zero-order chi connectivity index (χ0) is 24.2. The highest BCUT2D eigenvalue weighted by Gasteiger charge is 2.26. The fraction of sp³-hybridized carbons (Fsp3) is 0.375. The molecule has 4 rings (SSSR count). The Kier molecular flexibility index (Phi) is 6.87. The Bertz CT molecular complexity index is 1210. The van der Waals surface area contributed by atoms with E-state index in [0.717, 1.165) is 11.1 Å². The number of hydrogen-bond donors (Lipinski definition) is 1. The number of methoxy groups -OCH3 is 2. The third-order valence-corrected chi connectivity index (χ3v) is 5.71. The molecule has 3 heterocycles. The van der Waals surface area contributed by atoms with Gasteiger partial charge < -0.3 is 24.3 Å². The summed E-state index contributed by atoms with van der Waals surface area (Å²) < 4.78 is 12.4. The number of nitrogens with zero attached hydrogens (tertiary/aromatic N) is 5. The lowest BCUT2D eigenvalue weighted by atomic mass is 10.0. The number of rotatable bonds is 8. The summed E-state index contributed by atoms with van der Waals surface area (Å²) >= 11 is 0. The molecule has 0 atom stereocenters. The second-order valence-electron chi connectivity index (χ2n) is 8.33. The van der Waals surface area contributed by atoms with Crippen molar-refractivity contribution in [2.45, 2.75) is 39.4 Å². The van der Waals surface area contributed by atoms with Crippen molar-refractivity contribution in [3.63, 3.8) is 0 Å². The number of nitrogens with one attached hydrogen (secondary N) is 1. The van der Waals surface area contributed by atoms with Gasteiger partial charge in [-0.1, -0.05) is 6.07 Å². The Hall–Kier alpha value is -3.79. The monoisotopic (exact) mass is 464 g/mol. The summed E-state index contributed by atoms with van der Waals surface area (Å²) in [5.74, 6) is 1.12. The molecule has 3 aromatic rings. The number of amides is 2. The van der Waals surface area contributed by atoms with Crippen LogP contribution in [-0.4, -0.2) is 57.3 Å². The van der Waals surface area contributed by atoms with Gasteiger partial charge in [-0.25, -0.2) is 4.98 Å². The molecule has 0 aliphatic carbocycles. The molecule has 34 heavy (non-hydrogen) atoms. The number of fused-ring (bicyclic) bond motifs is 1. The van der Waals surface area contributed by atoms with E-state index in [1.165, 1.54) is 7.11 Å². The average molecular weight is 465 g/mol. The van der Waals surface area contributed by atoms with E-state index >= 15 is 0 Å². The summed E-state index contributed by atoms with van der Waals surface area (Å²) in [7, 11) is 3.09. The molecule has 10 nitrogen and oxygen atoms in total. The van der Waals surface area contributed by atoms with Crippen LogP contribution >= 0.6 is 0 Å². The molecule has 0 unspecified atom stereocenters. The quantitative estimate of drug-likeness (QED) is 0.545. The number of benzene rings is 1. The first-order valence-corrected chi connectivity index (χ1v) is 11.1. The number of carbonyl (C=O) groups excluding carboxylic acids is 2. The molecule has 1 aromatic carbocycles. The van der Waals surface area contributed by atoms with E-state index in [0.29, 0.717) is 54.8 Å². The third kappa shape index (κ3) is 4.76. The Balaban J connectivity index is 1.55. The minimum Gasteiger partial charge on any atom is -0.496 e. The predicted octanol–water partition coefficient (Wildman–Crippen LogP) is 3.06. The fourth-order valence-electron chi connectivity index (χ4n) is 3.91. The van der Waals surface area contributed by atoms with Gasteiger partial charge in [-0.3, -0.25) is 9.59 Å². The number of hydrogen-bond acceptors (Lipinski definition) is 7. The number of anilines is 1. The first-order valence-electron chi connectivity index (χ1n) is 11.1. The van der Waals surface area contributed by atoms with Gasteiger partial charge in [0.2, 0.25) is 5.91 Å². The van der Waals surface area contributed by atoms with Crippen molar-refractivity contribution < 1.29 is 19.1 Å². The lowest BCUT2D eigenvalue weighted by Gasteiger charge is -2.14. The van der Waals surface area contributed by atoms with Crippen LogP contribution in [0, 0.1) is 0 Å². The molecule has 1 aliphatic rings. The van der Waals surface area contributed by atoms with Crippen molar-refractivity contribution in [1.82, 2.24) is 24.6 Å². The normalized spacial score (nSPS) is 12.7. The highest BCUT2D eigenvalue weighted by atomic mass is 16.5.